The van der Waals surface area contributed by atoms with Gasteiger partial charge in [0.25, 0.3) is 5.91 Å². The van der Waals surface area contributed by atoms with Crippen molar-refractivity contribution in [2.75, 3.05) is 5.32 Å². The first-order valence-electron chi connectivity index (χ1n) is 13.4. The summed E-state index contributed by atoms with van der Waals surface area (Å²) in [7, 11) is 0. The molecule has 4 heterocycles. The molecular formula is C31H24F3N5O2. The lowest BCUT2D eigenvalue weighted by Gasteiger charge is -2.20. The van der Waals surface area contributed by atoms with Gasteiger partial charge in [-0.3, -0.25) is 19.6 Å². The van der Waals surface area contributed by atoms with Gasteiger partial charge in [-0.1, -0.05) is 24.3 Å². The van der Waals surface area contributed by atoms with E-state index in [4.69, 9.17) is 0 Å². The molecule has 7 nitrogen and oxygen atoms in total. The van der Waals surface area contributed by atoms with Crippen LogP contribution in [0.15, 0.2) is 67.1 Å². The molecule has 3 aliphatic rings. The van der Waals surface area contributed by atoms with Crippen LogP contribution in [0.5, 0.6) is 0 Å². The van der Waals surface area contributed by atoms with Gasteiger partial charge in [0.05, 0.1) is 22.7 Å². The predicted octanol–water partition coefficient (Wildman–Crippen LogP) is 5.20. The summed E-state index contributed by atoms with van der Waals surface area (Å²) in [5.74, 6) is -3.05. The van der Waals surface area contributed by atoms with Crippen LogP contribution in [0.4, 0.5) is 19.0 Å². The molecule has 2 N–H and O–H groups in total. The van der Waals surface area contributed by atoms with Crippen molar-refractivity contribution in [2.24, 2.45) is 0 Å². The summed E-state index contributed by atoms with van der Waals surface area (Å²) in [5.41, 5.74) is 2.41. The number of halogens is 3. The maximum absolute atomic E-state index is 15.9. The van der Waals surface area contributed by atoms with Gasteiger partial charge >= 0.3 is 0 Å². The first-order chi connectivity index (χ1) is 19.9. The number of alkyl halides is 1. The summed E-state index contributed by atoms with van der Waals surface area (Å²) < 4.78 is 44.5. The van der Waals surface area contributed by atoms with Gasteiger partial charge in [-0.05, 0) is 54.7 Å². The fourth-order valence-corrected chi connectivity index (χ4v) is 6.54. The minimum absolute atomic E-state index is 0.0382. The van der Waals surface area contributed by atoms with E-state index < -0.39 is 41.1 Å². The fraction of sp³-hybridized carbons (Fsp3) is 0.258. The molecule has 4 atom stereocenters. The summed E-state index contributed by atoms with van der Waals surface area (Å²) >= 11 is 0. The average Bonchev–Trinajstić information content (AvgIpc) is 3.46. The molecule has 4 aromatic rings. The van der Waals surface area contributed by atoms with E-state index >= 15 is 4.39 Å². The van der Waals surface area contributed by atoms with E-state index in [1.54, 1.807) is 30.5 Å². The van der Waals surface area contributed by atoms with Gasteiger partial charge in [0, 0.05) is 47.8 Å². The van der Waals surface area contributed by atoms with E-state index in [9.17, 15) is 18.4 Å². The second-order valence-electron chi connectivity index (χ2n) is 10.9. The third kappa shape index (κ3) is 4.00. The van der Waals surface area contributed by atoms with Crippen LogP contribution in [-0.4, -0.2) is 26.8 Å². The molecule has 41 heavy (non-hydrogen) atoms. The highest BCUT2D eigenvalue weighted by Gasteiger charge is 2.51. The van der Waals surface area contributed by atoms with Crippen LogP contribution in [0.3, 0.4) is 0 Å². The van der Waals surface area contributed by atoms with Crippen molar-refractivity contribution in [3.8, 4) is 0 Å². The number of fused-ring (bicyclic) bond motifs is 4. The Bertz CT molecular complexity index is 1730. The number of carbonyl (C=O) groups is 2. The normalized spacial score (nSPS) is 24.3. The van der Waals surface area contributed by atoms with E-state index in [0.29, 0.717) is 29.9 Å². The van der Waals surface area contributed by atoms with Crippen molar-refractivity contribution in [1.29, 1.82) is 0 Å². The van der Waals surface area contributed by atoms with E-state index in [2.05, 4.69) is 25.6 Å². The number of benzene rings is 1. The highest BCUT2D eigenvalue weighted by atomic mass is 19.2. The van der Waals surface area contributed by atoms with Crippen LogP contribution < -0.4 is 10.6 Å². The summed E-state index contributed by atoms with van der Waals surface area (Å²) in [6, 6.07) is 11.7. The molecule has 0 bridgehead atoms. The number of nitrogens with zero attached hydrogens (tertiary/aromatic N) is 3. The quantitative estimate of drug-likeness (QED) is 0.339. The van der Waals surface area contributed by atoms with E-state index in [1.165, 1.54) is 24.5 Å². The Balaban J connectivity index is 1.15. The highest BCUT2D eigenvalue weighted by molar-refractivity contribution is 6.06. The van der Waals surface area contributed by atoms with Gasteiger partial charge in [0.15, 0.2) is 11.6 Å². The van der Waals surface area contributed by atoms with Crippen molar-refractivity contribution >= 4 is 17.6 Å². The van der Waals surface area contributed by atoms with Gasteiger partial charge in [-0.25, -0.2) is 18.2 Å². The zero-order chi connectivity index (χ0) is 28.3. The number of rotatable bonds is 3. The van der Waals surface area contributed by atoms with E-state index in [0.717, 1.165) is 22.9 Å². The minimum atomic E-state index is -1.63. The Morgan fingerprint density at radius 3 is 2.66 bits per heavy atom. The fourth-order valence-electron chi connectivity index (χ4n) is 6.54. The number of hydrogen-bond acceptors (Lipinski definition) is 5. The molecule has 1 spiro atoms. The van der Waals surface area contributed by atoms with Crippen molar-refractivity contribution in [3.63, 3.8) is 0 Å². The highest BCUT2D eigenvalue weighted by Crippen LogP contribution is 2.47. The zero-order valence-electron chi connectivity index (χ0n) is 21.7. The molecule has 1 aliphatic heterocycles. The van der Waals surface area contributed by atoms with Crippen LogP contribution in [-0.2, 0) is 23.1 Å². The Morgan fingerprint density at radius 1 is 0.976 bits per heavy atom. The number of pyridine rings is 3. The number of hydrogen-bond donors (Lipinski definition) is 2. The summed E-state index contributed by atoms with van der Waals surface area (Å²) in [6.07, 6.45) is 4.21. The SMILES string of the molecule is O=C(N[C@H]1CC[C@@H](c2cccc(F)c2F)[C@@H](F)c2cccnc21)c1cnc2c(c1)C[C@@]1(C2)C(=O)Nc2ncccc21. The Morgan fingerprint density at radius 2 is 1.78 bits per heavy atom. The Labute approximate surface area is 233 Å². The molecule has 0 unspecified atom stereocenters. The molecule has 2 amide bonds. The first-order valence-corrected chi connectivity index (χ1v) is 13.4. The van der Waals surface area contributed by atoms with Gasteiger partial charge in [0.2, 0.25) is 5.91 Å². The third-order valence-corrected chi connectivity index (χ3v) is 8.58. The maximum atomic E-state index is 15.9. The molecule has 0 fully saturated rings. The second kappa shape index (κ2) is 9.50. The van der Waals surface area contributed by atoms with Crippen LogP contribution >= 0.6 is 0 Å². The number of amides is 2. The summed E-state index contributed by atoms with van der Waals surface area (Å²) in [6.45, 7) is 0. The smallest absolute Gasteiger partial charge is 0.253 e. The molecule has 1 aromatic carbocycles. The molecule has 10 heteroatoms. The predicted molar refractivity (Wildman–Crippen MR) is 143 cm³/mol. The topological polar surface area (TPSA) is 96.9 Å². The zero-order valence-corrected chi connectivity index (χ0v) is 21.7. The van der Waals surface area contributed by atoms with Gasteiger partial charge in [0.1, 0.15) is 12.0 Å². The number of aromatic nitrogens is 3. The van der Waals surface area contributed by atoms with Crippen LogP contribution in [0.1, 0.15) is 75.0 Å². The maximum Gasteiger partial charge on any atom is 0.253 e. The lowest BCUT2D eigenvalue weighted by atomic mass is 9.80. The van der Waals surface area contributed by atoms with Crippen molar-refractivity contribution in [1.82, 2.24) is 20.3 Å². The minimum Gasteiger partial charge on any atom is -0.344 e. The molecule has 206 valence electrons. The molecule has 7 rings (SSSR count). The second-order valence-corrected chi connectivity index (χ2v) is 10.9. The van der Waals surface area contributed by atoms with Crippen molar-refractivity contribution in [3.05, 3.63) is 118 Å². The molecule has 0 radical (unpaired) electrons. The van der Waals surface area contributed by atoms with Gasteiger partial charge in [-0.15, -0.1) is 0 Å². The third-order valence-electron chi connectivity index (χ3n) is 8.58. The number of anilines is 1. The van der Waals surface area contributed by atoms with Crippen LogP contribution in [0, 0.1) is 11.6 Å². The summed E-state index contributed by atoms with van der Waals surface area (Å²) in [5, 5.41) is 5.82. The lowest BCUT2D eigenvalue weighted by Crippen LogP contribution is -2.35. The molecule has 2 aliphatic carbocycles. The lowest BCUT2D eigenvalue weighted by molar-refractivity contribution is -0.120. The van der Waals surface area contributed by atoms with Crippen LogP contribution in [0.25, 0.3) is 0 Å². The van der Waals surface area contributed by atoms with E-state index in [1.807, 2.05) is 6.07 Å². The number of carbonyl (C=O) groups excluding carboxylic acids is 2. The Kier molecular flexibility index (Phi) is 5.88. The molecular weight excluding hydrogens is 531 g/mol. The van der Waals surface area contributed by atoms with E-state index in [-0.39, 0.29) is 29.9 Å². The Hall–Kier alpha value is -4.60. The first kappa shape index (κ1) is 25.4. The number of nitrogens with one attached hydrogen (secondary N) is 2. The van der Waals surface area contributed by atoms with Crippen molar-refractivity contribution in [2.45, 2.75) is 49.2 Å². The molecule has 0 saturated heterocycles. The molecule has 3 aromatic heterocycles. The summed E-state index contributed by atoms with van der Waals surface area (Å²) in [4.78, 5) is 39.7. The van der Waals surface area contributed by atoms with Crippen molar-refractivity contribution < 1.29 is 22.8 Å². The standard InChI is InChI=1S/C31H24F3N5O2/c32-22-7-1-4-18(26(22)34)19-8-9-23(27-20(25(19)33)5-2-10-35-27)38-29(40)17-12-16-13-31(14-24(16)37-15-17)21-6-3-11-36-28(21)39-30(31)41/h1-7,10-12,15,19,23,25H,8-9,13-14H2,(H,38,40)(H,36,39,41)/t19-,23-,25+,31-/m0/s1. The largest absolute Gasteiger partial charge is 0.344 e. The average molecular weight is 556 g/mol. The molecule has 0 saturated carbocycles. The van der Waals surface area contributed by atoms with Gasteiger partial charge in [-0.2, -0.15) is 0 Å². The monoisotopic (exact) mass is 555 g/mol. The van der Waals surface area contributed by atoms with Crippen LogP contribution in [0.2, 0.25) is 0 Å². The van der Waals surface area contributed by atoms with Gasteiger partial charge < -0.3 is 10.6 Å².